The molecule has 0 aliphatic rings. The van der Waals surface area contributed by atoms with Gasteiger partial charge in [0.2, 0.25) is 0 Å². The van der Waals surface area contributed by atoms with Crippen LogP contribution in [-0.2, 0) is 6.18 Å². The molecule has 2 heterocycles. The van der Waals surface area contributed by atoms with Crippen molar-refractivity contribution in [1.29, 1.82) is 0 Å². The first kappa shape index (κ1) is 17.2. The second kappa shape index (κ2) is 6.55. The number of aliphatic hydroxyl groups is 1. The Morgan fingerprint density at radius 1 is 1.48 bits per heavy atom. The molecule has 10 heteroatoms. The van der Waals surface area contributed by atoms with E-state index in [0.29, 0.717) is 4.68 Å². The van der Waals surface area contributed by atoms with Crippen LogP contribution in [0.2, 0.25) is 5.02 Å². The van der Waals surface area contributed by atoms with Gasteiger partial charge in [0.15, 0.2) is 11.5 Å². The van der Waals surface area contributed by atoms with Gasteiger partial charge < -0.3 is 10.0 Å². The molecule has 0 aromatic carbocycles. The molecule has 0 spiro atoms. The normalized spacial score (nSPS) is 11.6. The van der Waals surface area contributed by atoms with Crippen LogP contribution in [0.25, 0.3) is 5.82 Å². The maximum Gasteiger partial charge on any atom is 0.434 e. The third-order valence-electron chi connectivity index (χ3n) is 2.99. The predicted octanol–water partition coefficient (Wildman–Crippen LogP) is 2.00. The van der Waals surface area contributed by atoms with E-state index in [0.717, 1.165) is 11.1 Å². The van der Waals surface area contributed by atoms with Crippen LogP contribution in [0, 0.1) is 0 Å². The van der Waals surface area contributed by atoms with E-state index >= 15 is 0 Å². The zero-order chi connectivity index (χ0) is 17.2. The van der Waals surface area contributed by atoms with Crippen LogP contribution in [0.1, 0.15) is 16.1 Å². The Bertz CT molecular complexity index is 717. The van der Waals surface area contributed by atoms with Crippen molar-refractivity contribution in [2.24, 2.45) is 0 Å². The first-order chi connectivity index (χ1) is 10.8. The number of rotatable bonds is 4. The van der Waals surface area contributed by atoms with E-state index in [2.05, 4.69) is 10.1 Å². The third kappa shape index (κ3) is 3.45. The van der Waals surface area contributed by atoms with E-state index in [1.54, 1.807) is 0 Å². The van der Waals surface area contributed by atoms with Crippen molar-refractivity contribution >= 4 is 17.5 Å². The molecular weight excluding hydrogens is 337 g/mol. The Labute approximate surface area is 134 Å². The second-order valence-electron chi connectivity index (χ2n) is 4.58. The van der Waals surface area contributed by atoms with E-state index in [9.17, 15) is 18.0 Å². The average molecular weight is 349 g/mol. The molecule has 0 atom stereocenters. The summed E-state index contributed by atoms with van der Waals surface area (Å²) in [5.74, 6) is -1.14. The Kier molecular flexibility index (Phi) is 4.90. The van der Waals surface area contributed by atoms with Crippen LogP contribution in [-0.4, -0.2) is 50.9 Å². The van der Waals surface area contributed by atoms with Crippen molar-refractivity contribution < 1.29 is 23.1 Å². The number of carbonyl (C=O) groups is 1. The molecule has 0 aliphatic carbocycles. The van der Waals surface area contributed by atoms with Crippen molar-refractivity contribution in [3.8, 4) is 5.82 Å². The molecule has 124 valence electrons. The number of hydrogen-bond acceptors (Lipinski definition) is 4. The maximum atomic E-state index is 13.4. The highest BCUT2D eigenvalue weighted by Gasteiger charge is 2.41. The molecule has 1 N–H and O–H groups in total. The summed E-state index contributed by atoms with van der Waals surface area (Å²) in [5, 5.41) is 12.4. The van der Waals surface area contributed by atoms with Gasteiger partial charge in [-0.2, -0.15) is 18.3 Å². The van der Waals surface area contributed by atoms with Gasteiger partial charge in [-0.15, -0.1) is 0 Å². The lowest BCUT2D eigenvalue weighted by Crippen LogP contribution is -2.31. The van der Waals surface area contributed by atoms with Gasteiger partial charge in [-0.25, -0.2) is 9.67 Å². The molecule has 2 aromatic heterocycles. The molecule has 2 aromatic rings. The van der Waals surface area contributed by atoms with Crippen LogP contribution in [0.4, 0.5) is 13.2 Å². The van der Waals surface area contributed by atoms with E-state index in [1.165, 1.54) is 25.4 Å². The number of carbonyl (C=O) groups excluding carboxylic acids is 1. The Morgan fingerprint density at radius 3 is 2.74 bits per heavy atom. The number of aliphatic hydroxyl groups excluding tert-OH is 1. The molecule has 0 fully saturated rings. The summed E-state index contributed by atoms with van der Waals surface area (Å²) < 4.78 is 40.7. The molecule has 0 radical (unpaired) electrons. The van der Waals surface area contributed by atoms with E-state index in [-0.39, 0.29) is 24.0 Å². The number of halogens is 4. The molecule has 0 saturated heterocycles. The number of amides is 1. The third-order valence-corrected chi connectivity index (χ3v) is 3.28. The highest BCUT2D eigenvalue weighted by atomic mass is 35.5. The van der Waals surface area contributed by atoms with Crippen LogP contribution >= 0.6 is 11.6 Å². The fourth-order valence-corrected chi connectivity index (χ4v) is 2.13. The molecule has 6 nitrogen and oxygen atoms in total. The van der Waals surface area contributed by atoms with E-state index in [1.807, 2.05) is 0 Å². The van der Waals surface area contributed by atoms with Gasteiger partial charge in [0.1, 0.15) is 0 Å². The predicted molar refractivity (Wildman–Crippen MR) is 75.4 cm³/mol. The highest BCUT2D eigenvalue weighted by molar-refractivity contribution is 6.32. The zero-order valence-electron chi connectivity index (χ0n) is 11.9. The largest absolute Gasteiger partial charge is 0.434 e. The molecule has 23 heavy (non-hydrogen) atoms. The van der Waals surface area contributed by atoms with Crippen molar-refractivity contribution in [3.05, 3.63) is 40.8 Å². The van der Waals surface area contributed by atoms with Gasteiger partial charge in [0.25, 0.3) is 5.91 Å². The summed E-state index contributed by atoms with van der Waals surface area (Å²) >= 11 is 5.86. The minimum atomic E-state index is -4.84. The molecule has 0 saturated carbocycles. The summed E-state index contributed by atoms with van der Waals surface area (Å²) in [4.78, 5) is 16.9. The van der Waals surface area contributed by atoms with Crippen LogP contribution in [0.3, 0.4) is 0 Å². The Hall–Kier alpha value is -2.13. The fraction of sp³-hybridized carbons (Fsp3) is 0.308. The summed E-state index contributed by atoms with van der Waals surface area (Å²) in [7, 11) is 1.28. The van der Waals surface area contributed by atoms with Crippen molar-refractivity contribution in [2.45, 2.75) is 6.18 Å². The second-order valence-corrected chi connectivity index (χ2v) is 4.98. The number of alkyl halides is 3. The fourth-order valence-electron chi connectivity index (χ4n) is 1.93. The number of likely N-dealkylation sites (N-methyl/N-ethyl adjacent to an activating group) is 1. The van der Waals surface area contributed by atoms with Gasteiger partial charge in [0, 0.05) is 19.8 Å². The topological polar surface area (TPSA) is 71.2 Å². The summed E-state index contributed by atoms with van der Waals surface area (Å²) in [5.41, 5.74) is -1.91. The molecule has 2 rings (SSSR count). The van der Waals surface area contributed by atoms with Gasteiger partial charge in [0.05, 0.1) is 23.4 Å². The molecule has 0 unspecified atom stereocenters. The van der Waals surface area contributed by atoms with E-state index in [4.69, 9.17) is 16.7 Å². The standard InChI is InChI=1S/C13H12ClF3N4O2/c1-20(5-6-22)12(23)8-7-19-21(10(8)13(15,16)17)11-9(14)3-2-4-18-11/h2-4,7,22H,5-6H2,1H3. The monoisotopic (exact) mass is 348 g/mol. The zero-order valence-corrected chi connectivity index (χ0v) is 12.6. The van der Waals surface area contributed by atoms with Gasteiger partial charge >= 0.3 is 6.18 Å². The Morgan fingerprint density at radius 2 is 2.17 bits per heavy atom. The number of aromatic nitrogens is 3. The molecule has 0 aliphatic heterocycles. The average Bonchev–Trinajstić information content (AvgIpc) is 2.92. The van der Waals surface area contributed by atoms with Crippen LogP contribution < -0.4 is 0 Å². The lowest BCUT2D eigenvalue weighted by molar-refractivity contribution is -0.143. The SMILES string of the molecule is CN(CCO)C(=O)c1cnn(-c2ncccc2Cl)c1C(F)(F)F. The maximum absolute atomic E-state index is 13.4. The minimum absolute atomic E-state index is 0.0381. The summed E-state index contributed by atoms with van der Waals surface area (Å²) in [6.45, 7) is -0.477. The highest BCUT2D eigenvalue weighted by Crippen LogP contribution is 2.34. The van der Waals surface area contributed by atoms with Crippen LogP contribution in [0.5, 0.6) is 0 Å². The Balaban J connectivity index is 2.59. The summed E-state index contributed by atoms with van der Waals surface area (Å²) in [6, 6.07) is 2.83. The number of pyridine rings is 1. The minimum Gasteiger partial charge on any atom is -0.395 e. The first-order valence-electron chi connectivity index (χ1n) is 6.39. The first-order valence-corrected chi connectivity index (χ1v) is 6.77. The lowest BCUT2D eigenvalue weighted by Gasteiger charge is -2.17. The van der Waals surface area contributed by atoms with Crippen molar-refractivity contribution in [1.82, 2.24) is 19.7 Å². The van der Waals surface area contributed by atoms with Crippen molar-refractivity contribution in [2.75, 3.05) is 20.2 Å². The van der Waals surface area contributed by atoms with Crippen LogP contribution in [0.15, 0.2) is 24.5 Å². The molecule has 0 bridgehead atoms. The van der Waals surface area contributed by atoms with Gasteiger partial charge in [-0.3, -0.25) is 4.79 Å². The quantitative estimate of drug-likeness (QED) is 0.917. The summed E-state index contributed by atoms with van der Waals surface area (Å²) in [6.07, 6.45) is -2.77. The molecule has 1 amide bonds. The van der Waals surface area contributed by atoms with E-state index < -0.39 is 23.3 Å². The smallest absolute Gasteiger partial charge is 0.395 e. The van der Waals surface area contributed by atoms with Gasteiger partial charge in [-0.05, 0) is 12.1 Å². The van der Waals surface area contributed by atoms with Crippen molar-refractivity contribution in [3.63, 3.8) is 0 Å². The van der Waals surface area contributed by atoms with Gasteiger partial charge in [-0.1, -0.05) is 11.6 Å². The molecular formula is C13H12ClF3N4O2. The lowest BCUT2D eigenvalue weighted by atomic mass is 10.2. The number of nitrogens with zero attached hydrogens (tertiary/aromatic N) is 4. The number of hydrogen-bond donors (Lipinski definition) is 1.